The van der Waals surface area contributed by atoms with Gasteiger partial charge in [0.05, 0.1) is 28.7 Å². The molecule has 0 spiro atoms. The monoisotopic (exact) mass is 551 g/mol. The Labute approximate surface area is 229 Å². The number of carbonyl (C=O) groups excluding carboxylic acids is 2. The van der Waals surface area contributed by atoms with Crippen molar-refractivity contribution in [1.82, 2.24) is 24.6 Å². The van der Waals surface area contributed by atoms with Crippen molar-refractivity contribution in [2.45, 2.75) is 43.8 Å². The first-order valence-corrected chi connectivity index (χ1v) is 13.3. The molecular weight excluding hydrogens is 523 g/mol. The quantitative estimate of drug-likeness (QED) is 0.425. The molecule has 1 atom stereocenters. The summed E-state index contributed by atoms with van der Waals surface area (Å²) in [6, 6.07) is 10.7. The average molecular weight is 552 g/mol. The first kappa shape index (κ1) is 26.1. The fraction of sp³-hybridized carbons (Fsp3) is 0.379. The number of hydrogen-bond acceptors (Lipinski definition) is 5. The molecule has 40 heavy (non-hydrogen) atoms. The Kier molecular flexibility index (Phi) is 6.59. The van der Waals surface area contributed by atoms with Gasteiger partial charge in [-0.15, -0.1) is 0 Å². The second-order valence-electron chi connectivity index (χ2n) is 10.4. The van der Waals surface area contributed by atoms with Crippen LogP contribution in [0.3, 0.4) is 0 Å². The minimum Gasteiger partial charge on any atom is -0.468 e. The lowest BCUT2D eigenvalue weighted by molar-refractivity contribution is -0.154. The van der Waals surface area contributed by atoms with E-state index in [0.29, 0.717) is 31.8 Å². The number of benzene rings is 1. The molecule has 0 saturated heterocycles. The molecule has 4 heterocycles. The van der Waals surface area contributed by atoms with Crippen molar-refractivity contribution in [1.29, 1.82) is 0 Å². The van der Waals surface area contributed by atoms with Crippen molar-refractivity contribution in [2.24, 2.45) is 0 Å². The van der Waals surface area contributed by atoms with Crippen molar-refractivity contribution in [3.63, 3.8) is 0 Å². The van der Waals surface area contributed by atoms with Gasteiger partial charge in [0.2, 0.25) is 11.8 Å². The zero-order valence-electron chi connectivity index (χ0n) is 21.7. The number of amides is 2. The van der Waals surface area contributed by atoms with E-state index in [9.17, 15) is 22.8 Å². The molecule has 1 aliphatic carbocycles. The summed E-state index contributed by atoms with van der Waals surface area (Å²) in [6.45, 7) is 3.26. The normalized spacial score (nSPS) is 18.6. The van der Waals surface area contributed by atoms with Crippen LogP contribution in [-0.2, 0) is 17.6 Å². The van der Waals surface area contributed by atoms with Crippen LogP contribution in [-0.4, -0.2) is 68.8 Å². The van der Waals surface area contributed by atoms with Crippen LogP contribution in [0.1, 0.15) is 57.7 Å². The van der Waals surface area contributed by atoms with E-state index < -0.39 is 18.8 Å². The summed E-state index contributed by atoms with van der Waals surface area (Å²) in [6.07, 6.45) is 1.56. The van der Waals surface area contributed by atoms with Gasteiger partial charge in [-0.25, -0.2) is 9.67 Å². The maximum absolute atomic E-state index is 13.7. The van der Waals surface area contributed by atoms with Crippen LogP contribution >= 0.6 is 0 Å². The van der Waals surface area contributed by atoms with Crippen LogP contribution in [0.15, 0.2) is 55.3 Å². The van der Waals surface area contributed by atoms with E-state index >= 15 is 0 Å². The highest BCUT2D eigenvalue weighted by Crippen LogP contribution is 2.41. The van der Waals surface area contributed by atoms with E-state index in [-0.39, 0.29) is 29.8 Å². The Morgan fingerprint density at radius 2 is 1.85 bits per heavy atom. The summed E-state index contributed by atoms with van der Waals surface area (Å²) < 4.78 is 44.1. The van der Waals surface area contributed by atoms with Gasteiger partial charge >= 0.3 is 6.18 Å². The number of alkyl halides is 3. The predicted octanol–water partition coefficient (Wildman–Crippen LogP) is 4.40. The van der Waals surface area contributed by atoms with E-state index in [1.54, 1.807) is 9.80 Å². The summed E-state index contributed by atoms with van der Waals surface area (Å²) in [4.78, 5) is 33.6. The van der Waals surface area contributed by atoms with Crippen LogP contribution in [0, 0.1) is 0 Å². The summed E-state index contributed by atoms with van der Waals surface area (Å²) in [7, 11) is 0. The molecule has 0 unspecified atom stereocenters. The van der Waals surface area contributed by atoms with Crippen LogP contribution in [0.25, 0.3) is 5.69 Å². The van der Waals surface area contributed by atoms with Gasteiger partial charge in [0.1, 0.15) is 0 Å². The molecule has 1 aromatic carbocycles. The Hall–Kier alpha value is -4.15. The fourth-order valence-corrected chi connectivity index (χ4v) is 5.60. The molecular formula is C29H28F3N5O3. The molecule has 0 bridgehead atoms. The molecule has 1 fully saturated rings. The van der Waals surface area contributed by atoms with Crippen LogP contribution in [0.2, 0.25) is 0 Å². The van der Waals surface area contributed by atoms with Gasteiger partial charge in [0, 0.05) is 50.3 Å². The molecule has 2 amide bonds. The second-order valence-corrected chi connectivity index (χ2v) is 10.4. The van der Waals surface area contributed by atoms with E-state index in [4.69, 9.17) is 5.10 Å². The first-order valence-electron chi connectivity index (χ1n) is 13.3. The number of hydrogen-bond donors (Lipinski definition) is 0. The maximum atomic E-state index is 13.7. The van der Waals surface area contributed by atoms with Gasteiger partial charge < -0.3 is 14.5 Å². The van der Waals surface area contributed by atoms with E-state index in [2.05, 4.69) is 40.6 Å². The Morgan fingerprint density at radius 3 is 2.50 bits per heavy atom. The minimum atomic E-state index is -4.49. The highest BCUT2D eigenvalue weighted by atomic mass is 19.4. The van der Waals surface area contributed by atoms with Crippen molar-refractivity contribution in [3.8, 4) is 11.6 Å². The number of halogens is 3. The lowest BCUT2D eigenvalue weighted by atomic mass is 9.95. The Bertz CT molecular complexity index is 1450. The third kappa shape index (κ3) is 5.07. The van der Waals surface area contributed by atoms with Crippen molar-refractivity contribution < 1.29 is 27.5 Å². The summed E-state index contributed by atoms with van der Waals surface area (Å²) in [5.41, 5.74) is 5.33. The molecule has 0 N–H and O–H groups in total. The molecule has 2 aromatic heterocycles. The van der Waals surface area contributed by atoms with Crippen LogP contribution < -0.4 is 4.74 Å². The van der Waals surface area contributed by atoms with Gasteiger partial charge in [-0.05, 0) is 48.6 Å². The number of ether oxygens (including phenoxy) is 1. The zero-order valence-corrected chi connectivity index (χ0v) is 21.7. The largest absolute Gasteiger partial charge is 0.468 e. The second kappa shape index (κ2) is 10.1. The number of aromatic nitrogens is 3. The zero-order chi connectivity index (χ0) is 28.0. The minimum absolute atomic E-state index is 0.219. The highest BCUT2D eigenvalue weighted by molar-refractivity contribution is 5.94. The van der Waals surface area contributed by atoms with E-state index in [1.807, 2.05) is 4.68 Å². The molecule has 1 saturated carbocycles. The highest BCUT2D eigenvalue weighted by Gasteiger charge is 2.40. The summed E-state index contributed by atoms with van der Waals surface area (Å²) in [5, 5.41) is 4.96. The average Bonchev–Trinajstić information content (AvgIpc) is 3.76. The van der Waals surface area contributed by atoms with E-state index in [0.717, 1.165) is 22.6 Å². The van der Waals surface area contributed by atoms with Gasteiger partial charge in [0.15, 0.2) is 6.61 Å². The van der Waals surface area contributed by atoms with E-state index in [1.165, 1.54) is 42.8 Å². The van der Waals surface area contributed by atoms with Crippen molar-refractivity contribution in [3.05, 3.63) is 83.3 Å². The summed E-state index contributed by atoms with van der Waals surface area (Å²) in [5.74, 6) is -0.117. The summed E-state index contributed by atoms with van der Waals surface area (Å²) >= 11 is 0. The van der Waals surface area contributed by atoms with Gasteiger partial charge in [-0.3, -0.25) is 9.59 Å². The number of rotatable bonds is 6. The lowest BCUT2D eigenvalue weighted by Gasteiger charge is -2.37. The van der Waals surface area contributed by atoms with Crippen molar-refractivity contribution >= 4 is 11.8 Å². The Balaban J connectivity index is 1.31. The Morgan fingerprint density at radius 1 is 1.07 bits per heavy atom. The van der Waals surface area contributed by atoms with Crippen LogP contribution in [0.5, 0.6) is 5.88 Å². The molecule has 208 valence electrons. The van der Waals surface area contributed by atoms with Crippen LogP contribution in [0.4, 0.5) is 13.2 Å². The molecule has 0 radical (unpaired) electrons. The molecule has 6 rings (SSSR count). The third-order valence-electron chi connectivity index (χ3n) is 7.71. The van der Waals surface area contributed by atoms with Gasteiger partial charge in [0.25, 0.3) is 5.91 Å². The van der Waals surface area contributed by atoms with Gasteiger partial charge in [-0.2, -0.15) is 18.3 Å². The predicted molar refractivity (Wildman–Crippen MR) is 139 cm³/mol. The number of carbonyl (C=O) groups is 2. The molecule has 11 heteroatoms. The fourth-order valence-electron chi connectivity index (χ4n) is 5.60. The first-order chi connectivity index (χ1) is 19.2. The van der Waals surface area contributed by atoms with Gasteiger partial charge in [-0.1, -0.05) is 18.7 Å². The molecule has 8 nitrogen and oxygen atoms in total. The molecule has 2 aliphatic heterocycles. The topological polar surface area (TPSA) is 80.6 Å². The smallest absolute Gasteiger partial charge is 0.422 e. The lowest BCUT2D eigenvalue weighted by Crippen LogP contribution is -2.45. The molecule has 3 aromatic rings. The number of pyridine rings is 1. The maximum Gasteiger partial charge on any atom is 0.422 e. The third-order valence-corrected chi connectivity index (χ3v) is 7.71. The molecule has 3 aliphatic rings. The SMILES string of the molecule is C=CC(=O)N1CCc2nn(-c3ccc(C4CC4)cc3)c3c2[C@H](C1)N(C(=O)c1ccc(OCC(F)(F)F)nc1)CC3. The standard InChI is InChI=1S/C29H28F3N5O3/c1-2-26(38)35-13-11-22-27-23(37(34-22)21-8-5-19(6-9-21)18-3-4-18)12-14-36(24(27)16-35)28(39)20-7-10-25(33-15-20)40-17-29(30,31)32/h2,5-10,15,18,24H,1,3-4,11-14,16-17H2/t24-/m0/s1. The number of nitrogens with zero attached hydrogens (tertiary/aromatic N) is 5. The van der Waals surface area contributed by atoms with Crippen molar-refractivity contribution in [2.75, 3.05) is 26.2 Å².